The second kappa shape index (κ2) is 9.16. The lowest BCUT2D eigenvalue weighted by Crippen LogP contribution is -2.29. The summed E-state index contributed by atoms with van der Waals surface area (Å²) in [6.07, 6.45) is 3.04. The Morgan fingerprint density at radius 2 is 1.87 bits per heavy atom. The first-order chi connectivity index (χ1) is 11.2. The Labute approximate surface area is 145 Å². The molecule has 1 amide bonds. The van der Waals surface area contributed by atoms with Crippen LogP contribution in [0.2, 0.25) is 0 Å². The van der Waals surface area contributed by atoms with Gasteiger partial charge in [-0.2, -0.15) is 0 Å². The van der Waals surface area contributed by atoms with Crippen molar-refractivity contribution in [2.75, 3.05) is 0 Å². The molecule has 2 aromatic carbocycles. The zero-order valence-corrected chi connectivity index (χ0v) is 14.5. The summed E-state index contributed by atoms with van der Waals surface area (Å²) in [6, 6.07) is 17.5. The minimum absolute atomic E-state index is 0.0932. The maximum atomic E-state index is 12.1. The van der Waals surface area contributed by atoms with Crippen molar-refractivity contribution < 1.29 is 9.53 Å². The molecular formula is C19H20BrNO2. The summed E-state index contributed by atoms with van der Waals surface area (Å²) in [4.78, 5) is 12.1. The smallest absolute Gasteiger partial charge is 0.407 e. The molecule has 3 nitrogen and oxygen atoms in total. The van der Waals surface area contributed by atoms with E-state index in [1.54, 1.807) is 0 Å². The fourth-order valence-electron chi connectivity index (χ4n) is 2.21. The number of carbonyl (C=O) groups is 1. The number of nitrogens with one attached hydrogen (secondary N) is 1. The molecule has 0 saturated heterocycles. The molecule has 0 heterocycles. The highest BCUT2D eigenvalue weighted by Gasteiger charge is 2.14. The van der Waals surface area contributed by atoms with Crippen LogP contribution in [0.15, 0.2) is 71.7 Å². The molecule has 2 rings (SSSR count). The van der Waals surface area contributed by atoms with Crippen molar-refractivity contribution in [2.45, 2.75) is 25.5 Å². The van der Waals surface area contributed by atoms with E-state index in [4.69, 9.17) is 4.74 Å². The van der Waals surface area contributed by atoms with E-state index < -0.39 is 6.09 Å². The summed E-state index contributed by atoms with van der Waals surface area (Å²) in [6.45, 7) is 4.01. The van der Waals surface area contributed by atoms with Crippen molar-refractivity contribution in [2.24, 2.45) is 0 Å². The largest absolute Gasteiger partial charge is 0.445 e. The van der Waals surface area contributed by atoms with Crippen LogP contribution in [0.4, 0.5) is 4.79 Å². The number of alkyl carbamates (subject to hydrolysis) is 1. The van der Waals surface area contributed by atoms with Crippen molar-refractivity contribution in [1.29, 1.82) is 0 Å². The topological polar surface area (TPSA) is 38.3 Å². The van der Waals surface area contributed by atoms with Crippen LogP contribution in [0.25, 0.3) is 0 Å². The molecule has 0 aliphatic rings. The second-order valence-corrected chi connectivity index (χ2v) is 6.09. The highest BCUT2D eigenvalue weighted by atomic mass is 79.9. The minimum Gasteiger partial charge on any atom is -0.445 e. The van der Waals surface area contributed by atoms with E-state index in [-0.39, 0.29) is 12.6 Å². The van der Waals surface area contributed by atoms with Crippen molar-refractivity contribution in [3.8, 4) is 0 Å². The van der Waals surface area contributed by atoms with Crippen molar-refractivity contribution in [1.82, 2.24) is 5.32 Å². The van der Waals surface area contributed by atoms with Gasteiger partial charge >= 0.3 is 6.09 Å². The summed E-state index contributed by atoms with van der Waals surface area (Å²) in [5, 5.41) is 2.93. The molecule has 4 heteroatoms. The molecule has 0 radical (unpaired) electrons. The molecule has 0 fully saturated rings. The number of halogens is 1. The highest BCUT2D eigenvalue weighted by Crippen LogP contribution is 2.21. The van der Waals surface area contributed by atoms with Crippen molar-refractivity contribution >= 4 is 22.0 Å². The molecule has 0 aromatic heterocycles. The van der Waals surface area contributed by atoms with Crippen LogP contribution in [0.5, 0.6) is 0 Å². The SMILES string of the molecule is C=CCC[C@@H](NC(=O)OCc1ccccc1)c1ccc(Br)cc1. The van der Waals surface area contributed by atoms with Gasteiger partial charge in [0.1, 0.15) is 6.61 Å². The van der Waals surface area contributed by atoms with Gasteiger partial charge in [-0.05, 0) is 36.1 Å². The van der Waals surface area contributed by atoms with Gasteiger partial charge in [0.15, 0.2) is 0 Å². The minimum atomic E-state index is -0.411. The number of hydrogen-bond donors (Lipinski definition) is 1. The highest BCUT2D eigenvalue weighted by molar-refractivity contribution is 9.10. The van der Waals surface area contributed by atoms with Gasteiger partial charge < -0.3 is 10.1 Å². The van der Waals surface area contributed by atoms with Gasteiger partial charge in [-0.3, -0.25) is 0 Å². The van der Waals surface area contributed by atoms with Gasteiger partial charge in [-0.1, -0.05) is 64.5 Å². The number of allylic oxidation sites excluding steroid dienone is 1. The van der Waals surface area contributed by atoms with Crippen LogP contribution >= 0.6 is 15.9 Å². The number of carbonyl (C=O) groups excluding carboxylic acids is 1. The Morgan fingerprint density at radius 1 is 1.17 bits per heavy atom. The summed E-state index contributed by atoms with van der Waals surface area (Å²) in [5.41, 5.74) is 2.01. The number of rotatable bonds is 7. The first-order valence-electron chi connectivity index (χ1n) is 7.52. The molecular weight excluding hydrogens is 354 g/mol. The average molecular weight is 374 g/mol. The predicted molar refractivity (Wildman–Crippen MR) is 96.1 cm³/mol. The lowest BCUT2D eigenvalue weighted by atomic mass is 10.0. The zero-order chi connectivity index (χ0) is 16.5. The van der Waals surface area contributed by atoms with Crippen LogP contribution in [0.1, 0.15) is 30.0 Å². The fourth-order valence-corrected chi connectivity index (χ4v) is 2.47. The Balaban J connectivity index is 1.95. The lowest BCUT2D eigenvalue weighted by molar-refractivity contribution is 0.135. The van der Waals surface area contributed by atoms with Crippen LogP contribution < -0.4 is 5.32 Å². The Kier molecular flexibility index (Phi) is 6.88. The molecule has 0 bridgehead atoms. The second-order valence-electron chi connectivity index (χ2n) is 5.18. The molecule has 0 saturated carbocycles. The van der Waals surface area contributed by atoms with E-state index in [0.29, 0.717) is 0 Å². The third kappa shape index (κ3) is 5.91. The van der Waals surface area contributed by atoms with Gasteiger partial charge in [-0.25, -0.2) is 4.79 Å². The van der Waals surface area contributed by atoms with Crippen LogP contribution in [0.3, 0.4) is 0 Å². The number of benzene rings is 2. The van der Waals surface area contributed by atoms with Crippen LogP contribution in [0, 0.1) is 0 Å². The molecule has 2 aromatic rings. The van der Waals surface area contributed by atoms with E-state index in [9.17, 15) is 4.79 Å². The van der Waals surface area contributed by atoms with Crippen molar-refractivity contribution in [3.05, 3.63) is 82.9 Å². The first-order valence-corrected chi connectivity index (χ1v) is 8.32. The van der Waals surface area contributed by atoms with Crippen molar-refractivity contribution in [3.63, 3.8) is 0 Å². The molecule has 1 atom stereocenters. The molecule has 0 aliphatic carbocycles. The monoisotopic (exact) mass is 373 g/mol. The molecule has 0 aliphatic heterocycles. The zero-order valence-electron chi connectivity index (χ0n) is 12.9. The van der Waals surface area contributed by atoms with E-state index >= 15 is 0 Å². The maximum Gasteiger partial charge on any atom is 0.407 e. The van der Waals surface area contributed by atoms with E-state index in [2.05, 4.69) is 27.8 Å². The number of ether oxygens (including phenoxy) is 1. The van der Waals surface area contributed by atoms with Gasteiger partial charge in [-0.15, -0.1) is 6.58 Å². The summed E-state index contributed by atoms with van der Waals surface area (Å²) >= 11 is 3.42. The Bertz CT molecular complexity index is 626. The average Bonchev–Trinajstić information content (AvgIpc) is 2.58. The standard InChI is InChI=1S/C19H20BrNO2/c1-2-3-9-18(16-10-12-17(20)13-11-16)21-19(22)23-14-15-7-5-4-6-8-15/h2,4-8,10-13,18H,1,3,9,14H2,(H,21,22)/t18-/m1/s1. The predicted octanol–water partition coefficient (Wildman–Crippen LogP) is 5.38. The van der Waals surface area contributed by atoms with Gasteiger partial charge in [0.2, 0.25) is 0 Å². The van der Waals surface area contributed by atoms with E-state index in [1.165, 1.54) is 0 Å². The Hall–Kier alpha value is -2.07. The van der Waals surface area contributed by atoms with Crippen LogP contribution in [-0.2, 0) is 11.3 Å². The van der Waals surface area contributed by atoms with E-state index in [0.717, 1.165) is 28.4 Å². The van der Waals surface area contributed by atoms with Crippen LogP contribution in [-0.4, -0.2) is 6.09 Å². The lowest BCUT2D eigenvalue weighted by Gasteiger charge is -2.18. The Morgan fingerprint density at radius 3 is 2.52 bits per heavy atom. The third-order valence-corrected chi connectivity index (χ3v) is 3.97. The quantitative estimate of drug-likeness (QED) is 0.661. The van der Waals surface area contributed by atoms with E-state index in [1.807, 2.05) is 60.7 Å². The molecule has 0 spiro atoms. The van der Waals surface area contributed by atoms with Gasteiger partial charge in [0, 0.05) is 4.47 Å². The molecule has 23 heavy (non-hydrogen) atoms. The van der Waals surface area contributed by atoms with Gasteiger partial charge in [0.25, 0.3) is 0 Å². The molecule has 120 valence electrons. The maximum absolute atomic E-state index is 12.1. The third-order valence-electron chi connectivity index (χ3n) is 3.44. The fraction of sp³-hybridized carbons (Fsp3) is 0.211. The first kappa shape index (κ1) is 17.3. The molecule has 1 N–H and O–H groups in total. The molecule has 0 unspecified atom stereocenters. The summed E-state index contributed by atoms with van der Waals surface area (Å²) in [7, 11) is 0. The number of hydrogen-bond acceptors (Lipinski definition) is 2. The van der Waals surface area contributed by atoms with Gasteiger partial charge in [0.05, 0.1) is 6.04 Å². The summed E-state index contributed by atoms with van der Waals surface area (Å²) in [5.74, 6) is 0. The number of amides is 1. The normalized spacial score (nSPS) is 11.5. The summed E-state index contributed by atoms with van der Waals surface area (Å²) < 4.78 is 6.31.